The van der Waals surface area contributed by atoms with Crippen LogP contribution in [0, 0.1) is 6.92 Å². The fourth-order valence-corrected chi connectivity index (χ4v) is 1.07. The van der Waals surface area contributed by atoms with E-state index in [0.717, 1.165) is 22.3 Å². The van der Waals surface area contributed by atoms with E-state index in [4.69, 9.17) is 5.73 Å². The number of hydrogen-bond acceptors (Lipinski definition) is 2. The number of aromatic nitrogens is 1. The second-order valence-corrected chi connectivity index (χ2v) is 3.13. The molecule has 0 radical (unpaired) electrons. The molecule has 2 nitrogen and oxygen atoms in total. The molecule has 0 aromatic carbocycles. The highest BCUT2D eigenvalue weighted by molar-refractivity contribution is 9.09. The molecule has 0 saturated heterocycles. The smallest absolute Gasteiger partial charge is 0.0858 e. The molecule has 1 aromatic heterocycles. The number of pyridine rings is 1. The lowest BCUT2D eigenvalue weighted by Gasteiger charge is -2.01. The Morgan fingerprint density at radius 2 is 2.42 bits per heavy atom. The van der Waals surface area contributed by atoms with Crippen LogP contribution in [0.15, 0.2) is 18.3 Å². The van der Waals surface area contributed by atoms with Crippen molar-refractivity contribution in [3.63, 3.8) is 0 Å². The Balaban J connectivity index is 3.00. The van der Waals surface area contributed by atoms with Crippen LogP contribution in [0.1, 0.15) is 11.3 Å². The normalized spacial score (nSPS) is 10.8. The van der Waals surface area contributed by atoms with Crippen LogP contribution < -0.4 is 5.73 Å². The van der Waals surface area contributed by atoms with Gasteiger partial charge in [0, 0.05) is 11.5 Å². The fraction of sp³-hybridized carbons (Fsp3) is 0.222. The van der Waals surface area contributed by atoms with Gasteiger partial charge >= 0.3 is 0 Å². The number of nitrogens with two attached hydrogens (primary N) is 1. The first-order valence-corrected chi connectivity index (χ1v) is 4.81. The lowest BCUT2D eigenvalue weighted by Crippen LogP contribution is -1.95. The van der Waals surface area contributed by atoms with Gasteiger partial charge in [-0.1, -0.05) is 22.0 Å². The van der Waals surface area contributed by atoms with Crippen LogP contribution in [0.25, 0.3) is 6.08 Å². The highest BCUT2D eigenvalue weighted by Crippen LogP contribution is 2.14. The number of allylic oxidation sites excluding steroid dienone is 1. The monoisotopic (exact) mass is 226 g/mol. The van der Waals surface area contributed by atoms with Gasteiger partial charge in [-0.3, -0.25) is 4.98 Å². The number of hydrogen-bond donors (Lipinski definition) is 1. The largest absolute Gasteiger partial charge is 0.397 e. The molecule has 1 aromatic rings. The quantitative estimate of drug-likeness (QED) is 0.787. The lowest BCUT2D eigenvalue weighted by atomic mass is 10.2. The minimum absolute atomic E-state index is 0.759. The Kier molecular flexibility index (Phi) is 3.29. The summed E-state index contributed by atoms with van der Waals surface area (Å²) in [6, 6.07) is 1.90. The summed E-state index contributed by atoms with van der Waals surface area (Å²) in [5, 5.41) is 0.821. The summed E-state index contributed by atoms with van der Waals surface area (Å²) in [7, 11) is 0. The van der Waals surface area contributed by atoms with E-state index < -0.39 is 0 Å². The average Bonchev–Trinajstić information content (AvgIpc) is 2.08. The van der Waals surface area contributed by atoms with Crippen molar-refractivity contribution in [2.45, 2.75) is 6.92 Å². The first kappa shape index (κ1) is 9.26. The van der Waals surface area contributed by atoms with Gasteiger partial charge in [-0.2, -0.15) is 0 Å². The summed E-state index contributed by atoms with van der Waals surface area (Å²) in [4.78, 5) is 4.14. The van der Waals surface area contributed by atoms with Gasteiger partial charge in [0.1, 0.15) is 0 Å². The Morgan fingerprint density at radius 1 is 1.67 bits per heavy atom. The van der Waals surface area contributed by atoms with Crippen LogP contribution in [0.2, 0.25) is 0 Å². The van der Waals surface area contributed by atoms with E-state index in [2.05, 4.69) is 20.9 Å². The Hall–Kier alpha value is -0.830. The zero-order valence-electron chi connectivity index (χ0n) is 6.92. The Labute approximate surface area is 80.6 Å². The molecule has 3 heteroatoms. The molecule has 0 aliphatic heterocycles. The minimum Gasteiger partial charge on any atom is -0.397 e. The number of rotatable bonds is 2. The average molecular weight is 227 g/mol. The van der Waals surface area contributed by atoms with E-state index >= 15 is 0 Å². The van der Waals surface area contributed by atoms with Crippen molar-refractivity contribution in [2.75, 3.05) is 11.1 Å². The van der Waals surface area contributed by atoms with Crippen LogP contribution in [-0.4, -0.2) is 10.3 Å². The van der Waals surface area contributed by atoms with Crippen molar-refractivity contribution < 1.29 is 0 Å². The molecular weight excluding hydrogens is 216 g/mol. The van der Waals surface area contributed by atoms with E-state index in [0.29, 0.717) is 0 Å². The highest BCUT2D eigenvalue weighted by atomic mass is 79.9. The molecule has 64 valence electrons. The van der Waals surface area contributed by atoms with Gasteiger partial charge in [0.05, 0.1) is 11.4 Å². The number of nitrogen functional groups attached to an aromatic ring is 1. The number of anilines is 1. The Bertz CT molecular complexity index is 295. The van der Waals surface area contributed by atoms with Gasteiger partial charge in [0.2, 0.25) is 0 Å². The SMILES string of the molecule is Cc1ccnc(C=CCBr)c1N. The van der Waals surface area contributed by atoms with Gasteiger partial charge in [-0.05, 0) is 24.6 Å². The number of aryl methyl sites for hydroxylation is 1. The minimum atomic E-state index is 0.759. The molecule has 0 amide bonds. The predicted molar refractivity (Wildman–Crippen MR) is 56.2 cm³/mol. The third-order valence-electron chi connectivity index (χ3n) is 1.60. The van der Waals surface area contributed by atoms with Crippen molar-refractivity contribution in [2.24, 2.45) is 0 Å². The molecule has 0 saturated carbocycles. The molecule has 0 aliphatic carbocycles. The molecule has 0 aliphatic rings. The van der Waals surface area contributed by atoms with Crippen molar-refractivity contribution >= 4 is 27.7 Å². The summed E-state index contributed by atoms with van der Waals surface area (Å²) in [6.45, 7) is 1.97. The highest BCUT2D eigenvalue weighted by Gasteiger charge is 1.97. The maximum Gasteiger partial charge on any atom is 0.0858 e. The van der Waals surface area contributed by atoms with Crippen LogP contribution in [0.3, 0.4) is 0 Å². The molecule has 1 heterocycles. The second-order valence-electron chi connectivity index (χ2n) is 2.48. The van der Waals surface area contributed by atoms with E-state index in [1.54, 1.807) is 6.20 Å². The van der Waals surface area contributed by atoms with E-state index in [1.807, 2.05) is 25.1 Å². The maximum absolute atomic E-state index is 5.79. The van der Waals surface area contributed by atoms with Gasteiger partial charge < -0.3 is 5.73 Å². The number of nitrogens with zero attached hydrogens (tertiary/aromatic N) is 1. The molecule has 0 atom stereocenters. The molecule has 12 heavy (non-hydrogen) atoms. The number of alkyl halides is 1. The third kappa shape index (κ3) is 2.08. The van der Waals surface area contributed by atoms with Crippen molar-refractivity contribution in [1.82, 2.24) is 4.98 Å². The summed E-state index contributed by atoms with van der Waals surface area (Å²) in [5.74, 6) is 0. The van der Waals surface area contributed by atoms with Crippen molar-refractivity contribution in [3.05, 3.63) is 29.6 Å². The maximum atomic E-state index is 5.79. The van der Waals surface area contributed by atoms with Crippen LogP contribution in [0.5, 0.6) is 0 Å². The second kappa shape index (κ2) is 4.26. The van der Waals surface area contributed by atoms with Crippen LogP contribution in [0.4, 0.5) is 5.69 Å². The lowest BCUT2D eigenvalue weighted by molar-refractivity contribution is 1.26. The molecule has 0 bridgehead atoms. The molecule has 0 fully saturated rings. The topological polar surface area (TPSA) is 38.9 Å². The summed E-state index contributed by atoms with van der Waals surface area (Å²) < 4.78 is 0. The molecule has 2 N–H and O–H groups in total. The first-order valence-electron chi connectivity index (χ1n) is 3.69. The van der Waals surface area contributed by atoms with E-state index in [-0.39, 0.29) is 0 Å². The Morgan fingerprint density at radius 3 is 3.08 bits per heavy atom. The van der Waals surface area contributed by atoms with Crippen molar-refractivity contribution in [1.29, 1.82) is 0 Å². The van der Waals surface area contributed by atoms with Crippen molar-refractivity contribution in [3.8, 4) is 0 Å². The summed E-state index contributed by atoms with van der Waals surface area (Å²) in [6.07, 6.45) is 5.65. The fourth-order valence-electron chi connectivity index (χ4n) is 0.880. The van der Waals surface area contributed by atoms with E-state index in [9.17, 15) is 0 Å². The molecule has 0 unspecified atom stereocenters. The van der Waals surface area contributed by atoms with Gasteiger partial charge in [0.15, 0.2) is 0 Å². The molecular formula is C9H11BrN2. The summed E-state index contributed by atoms with van der Waals surface area (Å²) in [5.41, 5.74) is 8.46. The zero-order chi connectivity index (χ0) is 8.97. The van der Waals surface area contributed by atoms with Gasteiger partial charge in [0.25, 0.3) is 0 Å². The standard InChI is InChI=1S/C9H11BrN2/c1-7-4-6-12-8(9(7)11)3-2-5-10/h2-4,6H,5,11H2,1H3. The van der Waals surface area contributed by atoms with Gasteiger partial charge in [-0.25, -0.2) is 0 Å². The molecule has 1 rings (SSSR count). The predicted octanol–water partition coefficient (Wildman–Crippen LogP) is 2.38. The zero-order valence-corrected chi connectivity index (χ0v) is 8.51. The molecule has 0 spiro atoms. The van der Waals surface area contributed by atoms with E-state index in [1.165, 1.54) is 0 Å². The van der Waals surface area contributed by atoms with Crippen LogP contribution >= 0.6 is 15.9 Å². The van der Waals surface area contributed by atoms with Gasteiger partial charge in [-0.15, -0.1) is 0 Å². The number of halogens is 1. The third-order valence-corrected chi connectivity index (χ3v) is 1.98. The summed E-state index contributed by atoms with van der Waals surface area (Å²) >= 11 is 3.29. The van der Waals surface area contributed by atoms with Crippen LogP contribution in [-0.2, 0) is 0 Å². The first-order chi connectivity index (χ1) is 5.75.